The van der Waals surface area contributed by atoms with Crippen molar-refractivity contribution in [2.45, 2.75) is 6.42 Å². The molecule has 1 aromatic heterocycles. The SMILES string of the molecule is O=C(CC1CNC1)c1cc2cc(Cl)ccc2o1. The summed E-state index contributed by atoms with van der Waals surface area (Å²) in [5.74, 6) is 0.970. The van der Waals surface area contributed by atoms with Crippen LogP contribution in [0.5, 0.6) is 0 Å². The van der Waals surface area contributed by atoms with Crippen LogP contribution in [-0.4, -0.2) is 18.9 Å². The second-order valence-electron chi connectivity index (χ2n) is 4.44. The number of hydrogen-bond donors (Lipinski definition) is 1. The van der Waals surface area contributed by atoms with Crippen molar-refractivity contribution in [3.63, 3.8) is 0 Å². The number of rotatable bonds is 3. The van der Waals surface area contributed by atoms with Crippen LogP contribution in [-0.2, 0) is 0 Å². The van der Waals surface area contributed by atoms with Gasteiger partial charge in [0.05, 0.1) is 0 Å². The Hall–Kier alpha value is -1.32. The Morgan fingerprint density at radius 2 is 2.24 bits per heavy atom. The molecule has 0 unspecified atom stereocenters. The van der Waals surface area contributed by atoms with Crippen molar-refractivity contribution in [2.24, 2.45) is 5.92 Å². The minimum atomic E-state index is 0.0730. The van der Waals surface area contributed by atoms with Crippen LogP contribution in [0.3, 0.4) is 0 Å². The molecule has 0 bridgehead atoms. The van der Waals surface area contributed by atoms with Crippen molar-refractivity contribution in [3.05, 3.63) is 35.0 Å². The molecular weight excluding hydrogens is 238 g/mol. The average molecular weight is 250 g/mol. The van der Waals surface area contributed by atoms with Gasteiger partial charge >= 0.3 is 0 Å². The molecule has 1 aliphatic rings. The average Bonchev–Trinajstić information content (AvgIpc) is 2.65. The fourth-order valence-electron chi connectivity index (χ4n) is 2.01. The molecule has 2 heterocycles. The molecule has 88 valence electrons. The summed E-state index contributed by atoms with van der Waals surface area (Å²) >= 11 is 5.89. The van der Waals surface area contributed by atoms with E-state index in [0.717, 1.165) is 18.5 Å². The number of fused-ring (bicyclic) bond motifs is 1. The van der Waals surface area contributed by atoms with Crippen molar-refractivity contribution in [1.29, 1.82) is 0 Å². The number of hydrogen-bond acceptors (Lipinski definition) is 3. The molecule has 0 radical (unpaired) electrons. The number of carbonyl (C=O) groups is 1. The van der Waals surface area contributed by atoms with Gasteiger partial charge < -0.3 is 9.73 Å². The predicted octanol–water partition coefficient (Wildman–Crippen LogP) is 2.88. The molecule has 2 aromatic rings. The second-order valence-corrected chi connectivity index (χ2v) is 4.88. The van der Waals surface area contributed by atoms with E-state index in [1.807, 2.05) is 6.07 Å². The highest BCUT2D eigenvalue weighted by Crippen LogP contribution is 2.24. The quantitative estimate of drug-likeness (QED) is 0.851. The van der Waals surface area contributed by atoms with Crippen LogP contribution in [0.4, 0.5) is 0 Å². The Bertz CT molecular complexity index is 572. The molecule has 1 saturated heterocycles. The lowest BCUT2D eigenvalue weighted by molar-refractivity contribution is 0.0920. The van der Waals surface area contributed by atoms with Crippen LogP contribution in [0.25, 0.3) is 11.0 Å². The number of benzene rings is 1. The highest BCUT2D eigenvalue weighted by atomic mass is 35.5. The number of Topliss-reactive ketones (excluding diaryl/α,β-unsaturated/α-hetero) is 1. The lowest BCUT2D eigenvalue weighted by Crippen LogP contribution is -2.42. The molecule has 1 aliphatic heterocycles. The van der Waals surface area contributed by atoms with E-state index in [1.165, 1.54) is 0 Å². The lowest BCUT2D eigenvalue weighted by atomic mass is 9.96. The van der Waals surface area contributed by atoms with Gasteiger partial charge in [0.2, 0.25) is 0 Å². The molecule has 0 saturated carbocycles. The van der Waals surface area contributed by atoms with Crippen molar-refractivity contribution in [3.8, 4) is 0 Å². The summed E-state index contributed by atoms with van der Waals surface area (Å²) < 4.78 is 5.53. The number of halogens is 1. The van der Waals surface area contributed by atoms with Gasteiger partial charge in [0.1, 0.15) is 5.58 Å². The number of carbonyl (C=O) groups excluding carboxylic acids is 1. The molecule has 0 amide bonds. The molecular formula is C13H12ClNO2. The predicted molar refractivity (Wildman–Crippen MR) is 66.5 cm³/mol. The number of ketones is 1. The van der Waals surface area contributed by atoms with Gasteiger partial charge in [0.25, 0.3) is 0 Å². The van der Waals surface area contributed by atoms with Crippen LogP contribution < -0.4 is 5.32 Å². The third kappa shape index (κ3) is 2.08. The first kappa shape index (κ1) is 10.8. The van der Waals surface area contributed by atoms with Gasteiger partial charge in [-0.2, -0.15) is 0 Å². The minimum absolute atomic E-state index is 0.0730. The first-order valence-corrected chi connectivity index (χ1v) is 6.03. The fraction of sp³-hybridized carbons (Fsp3) is 0.308. The van der Waals surface area contributed by atoms with Gasteiger partial charge in [-0.25, -0.2) is 0 Å². The lowest BCUT2D eigenvalue weighted by Gasteiger charge is -2.25. The van der Waals surface area contributed by atoms with Gasteiger partial charge in [0, 0.05) is 16.8 Å². The fourth-order valence-corrected chi connectivity index (χ4v) is 2.19. The standard InChI is InChI=1S/C13H12ClNO2/c14-10-1-2-12-9(4-10)5-13(17-12)11(16)3-8-6-15-7-8/h1-2,4-5,8,15H,3,6-7H2. The molecule has 17 heavy (non-hydrogen) atoms. The van der Waals surface area contributed by atoms with Crippen molar-refractivity contribution < 1.29 is 9.21 Å². The third-order valence-electron chi connectivity index (χ3n) is 3.09. The Morgan fingerprint density at radius 1 is 1.41 bits per heavy atom. The number of furan rings is 1. The smallest absolute Gasteiger partial charge is 0.198 e. The maximum Gasteiger partial charge on any atom is 0.198 e. The molecule has 1 aromatic carbocycles. The van der Waals surface area contributed by atoms with Crippen LogP contribution in [0.15, 0.2) is 28.7 Å². The second kappa shape index (κ2) is 4.17. The molecule has 0 aliphatic carbocycles. The molecule has 0 atom stereocenters. The first-order chi connectivity index (χ1) is 8.22. The van der Waals surface area contributed by atoms with Crippen LogP contribution >= 0.6 is 11.6 Å². The Kier molecular flexibility index (Phi) is 2.65. The highest BCUT2D eigenvalue weighted by molar-refractivity contribution is 6.31. The zero-order chi connectivity index (χ0) is 11.8. The van der Waals surface area contributed by atoms with E-state index < -0.39 is 0 Å². The Morgan fingerprint density at radius 3 is 2.94 bits per heavy atom. The molecule has 1 fully saturated rings. The monoisotopic (exact) mass is 249 g/mol. The summed E-state index contributed by atoms with van der Waals surface area (Å²) in [6, 6.07) is 7.13. The number of nitrogens with one attached hydrogen (secondary N) is 1. The van der Waals surface area contributed by atoms with Crippen LogP contribution in [0.2, 0.25) is 5.02 Å². The van der Waals surface area contributed by atoms with Crippen molar-refractivity contribution >= 4 is 28.4 Å². The Labute approximate surface area is 104 Å². The highest BCUT2D eigenvalue weighted by Gasteiger charge is 2.22. The van der Waals surface area contributed by atoms with E-state index in [4.69, 9.17) is 16.0 Å². The maximum absolute atomic E-state index is 11.9. The van der Waals surface area contributed by atoms with Crippen molar-refractivity contribution in [2.75, 3.05) is 13.1 Å². The first-order valence-electron chi connectivity index (χ1n) is 5.65. The van der Waals surface area contributed by atoms with Gasteiger partial charge in [-0.3, -0.25) is 4.79 Å². The van der Waals surface area contributed by atoms with E-state index in [-0.39, 0.29) is 5.78 Å². The van der Waals surface area contributed by atoms with Crippen molar-refractivity contribution in [1.82, 2.24) is 5.32 Å². The van der Waals surface area contributed by atoms with Crippen LogP contribution in [0.1, 0.15) is 17.0 Å². The van der Waals surface area contributed by atoms with E-state index in [0.29, 0.717) is 28.7 Å². The van der Waals surface area contributed by atoms with Gasteiger partial charge in [-0.05, 0) is 43.3 Å². The van der Waals surface area contributed by atoms with Gasteiger partial charge in [-0.15, -0.1) is 0 Å². The zero-order valence-electron chi connectivity index (χ0n) is 9.20. The summed E-state index contributed by atoms with van der Waals surface area (Å²) in [6.07, 6.45) is 0.556. The zero-order valence-corrected chi connectivity index (χ0v) is 9.96. The summed E-state index contributed by atoms with van der Waals surface area (Å²) in [6.45, 7) is 1.86. The topological polar surface area (TPSA) is 42.2 Å². The normalized spacial score (nSPS) is 16.1. The molecule has 0 spiro atoms. The molecule has 4 heteroatoms. The molecule has 3 nitrogen and oxygen atoms in total. The van der Waals surface area contributed by atoms with Gasteiger partial charge in [0.15, 0.2) is 11.5 Å². The van der Waals surface area contributed by atoms with Crippen LogP contribution in [0, 0.1) is 5.92 Å². The van der Waals surface area contributed by atoms with E-state index >= 15 is 0 Å². The maximum atomic E-state index is 11.9. The molecule has 1 N–H and O–H groups in total. The van der Waals surface area contributed by atoms with E-state index in [9.17, 15) is 4.79 Å². The summed E-state index contributed by atoms with van der Waals surface area (Å²) in [5, 5.41) is 4.69. The summed E-state index contributed by atoms with van der Waals surface area (Å²) in [5.41, 5.74) is 0.712. The minimum Gasteiger partial charge on any atom is -0.453 e. The Balaban J connectivity index is 1.86. The van der Waals surface area contributed by atoms with E-state index in [2.05, 4.69) is 5.32 Å². The van der Waals surface area contributed by atoms with Gasteiger partial charge in [-0.1, -0.05) is 11.6 Å². The largest absolute Gasteiger partial charge is 0.453 e. The third-order valence-corrected chi connectivity index (χ3v) is 3.33. The summed E-state index contributed by atoms with van der Waals surface area (Å²) in [7, 11) is 0. The molecule has 3 rings (SSSR count). The summed E-state index contributed by atoms with van der Waals surface area (Å²) in [4.78, 5) is 11.9. The van der Waals surface area contributed by atoms with E-state index in [1.54, 1.807) is 18.2 Å².